The van der Waals surface area contributed by atoms with E-state index >= 15 is 0 Å². The van der Waals surface area contributed by atoms with Gasteiger partial charge in [0.05, 0.1) is 23.6 Å². The molecule has 0 bridgehead atoms. The van der Waals surface area contributed by atoms with Gasteiger partial charge in [0.25, 0.3) is 0 Å². The van der Waals surface area contributed by atoms with Gasteiger partial charge in [-0.3, -0.25) is 9.59 Å². The second kappa shape index (κ2) is 8.30. The lowest BCUT2D eigenvalue weighted by Gasteiger charge is -2.31. The second-order valence-electron chi connectivity index (χ2n) is 8.81. The van der Waals surface area contributed by atoms with Crippen molar-refractivity contribution in [1.29, 1.82) is 0 Å². The van der Waals surface area contributed by atoms with Crippen LogP contribution in [-0.2, 0) is 9.59 Å². The number of rotatable bonds is 4. The molecule has 2 aromatic heterocycles. The van der Waals surface area contributed by atoms with Gasteiger partial charge in [-0.25, -0.2) is 18.7 Å². The van der Waals surface area contributed by atoms with Gasteiger partial charge in [0.2, 0.25) is 17.7 Å². The second-order valence-corrected chi connectivity index (χ2v) is 8.81. The highest BCUT2D eigenvalue weighted by atomic mass is 19.1. The van der Waals surface area contributed by atoms with Crippen LogP contribution in [0.5, 0.6) is 5.88 Å². The van der Waals surface area contributed by atoms with E-state index in [4.69, 9.17) is 4.74 Å². The number of hydrogen-bond acceptors (Lipinski definition) is 6. The van der Waals surface area contributed by atoms with Gasteiger partial charge in [-0.05, 0) is 37.1 Å². The Morgan fingerprint density at radius 3 is 2.63 bits per heavy atom. The molecule has 5 heterocycles. The molecule has 8 nitrogen and oxygen atoms in total. The highest BCUT2D eigenvalue weighted by molar-refractivity contribution is 5.98. The molecule has 3 aliphatic heterocycles. The average Bonchev–Trinajstić information content (AvgIpc) is 3.46. The predicted octanol–water partition coefficient (Wildman–Crippen LogP) is 4.18. The molecular formula is C25H21F2N5O3. The van der Waals surface area contributed by atoms with Crippen molar-refractivity contribution in [1.82, 2.24) is 9.97 Å². The lowest BCUT2D eigenvalue weighted by molar-refractivity contribution is -0.118. The highest BCUT2D eigenvalue weighted by Crippen LogP contribution is 2.39. The molecule has 0 spiro atoms. The number of ether oxygens (including phenoxy) is 1. The maximum atomic E-state index is 14.8. The third-order valence-electron chi connectivity index (χ3n) is 6.58. The molecule has 1 atom stereocenters. The number of nitrogens with one attached hydrogen (secondary N) is 1. The molecular weight excluding hydrogens is 456 g/mol. The molecule has 10 heteroatoms. The first-order valence-electron chi connectivity index (χ1n) is 11.5. The zero-order valence-corrected chi connectivity index (χ0v) is 18.6. The van der Waals surface area contributed by atoms with E-state index in [1.807, 2.05) is 0 Å². The van der Waals surface area contributed by atoms with E-state index in [1.165, 1.54) is 11.1 Å². The highest BCUT2D eigenvalue weighted by Gasteiger charge is 2.38. The fourth-order valence-corrected chi connectivity index (χ4v) is 4.84. The van der Waals surface area contributed by atoms with Crippen LogP contribution in [0.3, 0.4) is 0 Å². The number of anilines is 4. The summed E-state index contributed by atoms with van der Waals surface area (Å²) >= 11 is 0. The molecule has 178 valence electrons. The summed E-state index contributed by atoms with van der Waals surface area (Å²) in [4.78, 5) is 35.9. The molecule has 0 unspecified atom stereocenters. The Kier molecular flexibility index (Phi) is 5.09. The molecule has 0 aliphatic carbocycles. The van der Waals surface area contributed by atoms with E-state index in [0.717, 1.165) is 18.6 Å². The van der Waals surface area contributed by atoms with Gasteiger partial charge >= 0.3 is 0 Å². The van der Waals surface area contributed by atoms with Crippen molar-refractivity contribution in [3.63, 3.8) is 0 Å². The van der Waals surface area contributed by atoms with Crippen molar-refractivity contribution in [3.8, 4) is 17.0 Å². The average molecular weight is 477 g/mol. The molecule has 1 aromatic carbocycles. The van der Waals surface area contributed by atoms with Gasteiger partial charge in [-0.2, -0.15) is 0 Å². The van der Waals surface area contributed by atoms with Gasteiger partial charge in [0.1, 0.15) is 29.7 Å². The smallest absolute Gasteiger partial charge is 0.238 e. The van der Waals surface area contributed by atoms with Crippen molar-refractivity contribution >= 4 is 34.7 Å². The summed E-state index contributed by atoms with van der Waals surface area (Å²) in [6, 6.07) is 7.24. The molecule has 1 N–H and O–H groups in total. The van der Waals surface area contributed by atoms with Crippen LogP contribution in [0.4, 0.5) is 31.7 Å². The molecule has 2 fully saturated rings. The lowest BCUT2D eigenvalue weighted by Crippen LogP contribution is -2.40. The normalized spacial score (nSPS) is 19.0. The van der Waals surface area contributed by atoms with Crippen LogP contribution in [0.25, 0.3) is 11.1 Å². The largest absolute Gasteiger partial charge is 0.474 e. The van der Waals surface area contributed by atoms with Crippen molar-refractivity contribution < 1.29 is 23.1 Å². The minimum absolute atomic E-state index is 0.0229. The van der Waals surface area contributed by atoms with E-state index in [-0.39, 0.29) is 29.1 Å². The van der Waals surface area contributed by atoms with Crippen LogP contribution in [0.2, 0.25) is 0 Å². The predicted molar refractivity (Wildman–Crippen MR) is 125 cm³/mol. The number of amides is 2. The van der Waals surface area contributed by atoms with Crippen molar-refractivity contribution in [2.45, 2.75) is 31.7 Å². The summed E-state index contributed by atoms with van der Waals surface area (Å²) in [7, 11) is 0. The van der Waals surface area contributed by atoms with Crippen molar-refractivity contribution in [2.24, 2.45) is 0 Å². The number of pyridine rings is 2. The molecule has 0 radical (unpaired) electrons. The first-order chi connectivity index (χ1) is 17.0. The Balaban J connectivity index is 1.23. The summed E-state index contributed by atoms with van der Waals surface area (Å²) in [5.41, 5.74) is 1.66. The van der Waals surface area contributed by atoms with Crippen LogP contribution in [0.1, 0.15) is 25.7 Å². The van der Waals surface area contributed by atoms with Crippen LogP contribution >= 0.6 is 0 Å². The van der Waals surface area contributed by atoms with Crippen LogP contribution in [0.15, 0.2) is 42.7 Å². The molecule has 0 saturated carbocycles. The number of fused-ring (bicyclic) bond motifs is 3. The summed E-state index contributed by atoms with van der Waals surface area (Å²) in [6.45, 7) is 0.820. The van der Waals surface area contributed by atoms with Crippen LogP contribution in [-0.4, -0.2) is 41.0 Å². The SMILES string of the molecule is O=C1CCCN1c1cc(F)c(-c2ccc(Nc3cnc4c(c3)N3C(=O)CC[C@H]3CO4)nc2)cc1F. The van der Waals surface area contributed by atoms with E-state index < -0.39 is 11.6 Å². The van der Waals surface area contributed by atoms with Crippen LogP contribution in [0, 0.1) is 11.6 Å². The molecule has 3 aliphatic rings. The Hall–Kier alpha value is -4.08. The van der Waals surface area contributed by atoms with Crippen molar-refractivity contribution in [2.75, 3.05) is 28.3 Å². The minimum atomic E-state index is -0.657. The number of aromatic nitrogens is 2. The Bertz CT molecular complexity index is 1350. The zero-order chi connectivity index (χ0) is 24.1. The number of benzene rings is 1. The van der Waals surface area contributed by atoms with E-state index in [9.17, 15) is 18.4 Å². The lowest BCUT2D eigenvalue weighted by atomic mass is 10.1. The number of nitrogens with zero attached hydrogens (tertiary/aromatic N) is 4. The fraction of sp³-hybridized carbons (Fsp3) is 0.280. The summed E-state index contributed by atoms with van der Waals surface area (Å²) < 4.78 is 35.3. The summed E-state index contributed by atoms with van der Waals surface area (Å²) in [6.07, 6.45) is 5.23. The Morgan fingerprint density at radius 1 is 0.971 bits per heavy atom. The fourth-order valence-electron chi connectivity index (χ4n) is 4.84. The first-order valence-corrected chi connectivity index (χ1v) is 11.5. The number of carbonyl (C=O) groups is 2. The standard InChI is InChI=1S/C25H21F2N5O3/c26-18-10-20(31-7-1-2-23(31)33)19(27)9-17(18)14-3-5-22(28-11-14)30-15-8-21-25(29-12-15)35-13-16-4-6-24(34)32(16)21/h3,5,8-12,16H,1-2,4,6-7,13H2,(H,28,30)/t16-/m0/s1. The van der Waals surface area contributed by atoms with Gasteiger partial charge in [0.15, 0.2) is 0 Å². The molecule has 3 aromatic rings. The Morgan fingerprint density at radius 2 is 1.86 bits per heavy atom. The van der Waals surface area contributed by atoms with E-state index in [0.29, 0.717) is 61.1 Å². The van der Waals surface area contributed by atoms with Crippen molar-refractivity contribution in [3.05, 3.63) is 54.4 Å². The third-order valence-corrected chi connectivity index (χ3v) is 6.58. The maximum absolute atomic E-state index is 14.8. The Labute approximate surface area is 199 Å². The van der Waals surface area contributed by atoms with E-state index in [1.54, 1.807) is 29.3 Å². The first kappa shape index (κ1) is 21.5. The van der Waals surface area contributed by atoms with Crippen LogP contribution < -0.4 is 19.9 Å². The topological polar surface area (TPSA) is 87.7 Å². The molecule has 35 heavy (non-hydrogen) atoms. The minimum Gasteiger partial charge on any atom is -0.474 e. The quantitative estimate of drug-likeness (QED) is 0.607. The van der Waals surface area contributed by atoms with Gasteiger partial charge in [0, 0.05) is 42.8 Å². The van der Waals surface area contributed by atoms with Gasteiger partial charge in [-0.1, -0.05) is 0 Å². The monoisotopic (exact) mass is 477 g/mol. The van der Waals surface area contributed by atoms with E-state index in [2.05, 4.69) is 15.3 Å². The summed E-state index contributed by atoms with van der Waals surface area (Å²) in [5.74, 6) is -0.557. The molecule has 6 rings (SSSR count). The summed E-state index contributed by atoms with van der Waals surface area (Å²) in [5, 5.41) is 3.13. The maximum Gasteiger partial charge on any atom is 0.238 e. The zero-order valence-electron chi connectivity index (χ0n) is 18.6. The number of hydrogen-bond donors (Lipinski definition) is 1. The molecule has 2 saturated heterocycles. The third kappa shape index (κ3) is 3.74. The number of halogens is 2. The molecule has 2 amide bonds. The van der Waals surface area contributed by atoms with Gasteiger partial charge < -0.3 is 19.9 Å². The van der Waals surface area contributed by atoms with Gasteiger partial charge in [-0.15, -0.1) is 0 Å². The number of carbonyl (C=O) groups excluding carboxylic acids is 2.